The standard InChI is InChI=1S/C17H23N3O3/c1-11(2)19-9-7-12(8-10-19)20-16(21)13-5-4-6-14(23-3)15(13)18-17(20)22/h4-6,11-12H,7-10H2,1-3H3,(H,18,22). The van der Waals surface area contributed by atoms with Crippen molar-refractivity contribution in [3.63, 3.8) is 0 Å². The molecule has 0 unspecified atom stereocenters. The van der Waals surface area contributed by atoms with Gasteiger partial charge in [-0.2, -0.15) is 0 Å². The van der Waals surface area contributed by atoms with E-state index in [2.05, 4.69) is 23.7 Å². The van der Waals surface area contributed by atoms with Gasteiger partial charge in [-0.15, -0.1) is 0 Å². The number of nitrogens with zero attached hydrogens (tertiary/aromatic N) is 2. The maximum absolute atomic E-state index is 12.8. The summed E-state index contributed by atoms with van der Waals surface area (Å²) < 4.78 is 6.63. The van der Waals surface area contributed by atoms with Crippen LogP contribution in [0.25, 0.3) is 10.9 Å². The van der Waals surface area contributed by atoms with Gasteiger partial charge in [0.05, 0.1) is 18.0 Å². The topological polar surface area (TPSA) is 67.3 Å². The maximum atomic E-state index is 12.8. The number of nitrogens with one attached hydrogen (secondary N) is 1. The number of hydrogen-bond acceptors (Lipinski definition) is 4. The number of hydrogen-bond donors (Lipinski definition) is 1. The Morgan fingerprint density at radius 2 is 1.91 bits per heavy atom. The molecule has 0 spiro atoms. The molecule has 6 heteroatoms. The summed E-state index contributed by atoms with van der Waals surface area (Å²) >= 11 is 0. The average molecular weight is 317 g/mol. The molecule has 1 aliphatic rings. The average Bonchev–Trinajstić information content (AvgIpc) is 2.55. The number of H-pyrrole nitrogens is 1. The van der Waals surface area contributed by atoms with Gasteiger partial charge in [-0.05, 0) is 38.8 Å². The highest BCUT2D eigenvalue weighted by molar-refractivity contribution is 5.83. The Balaban J connectivity index is 2.03. The Labute approximate surface area is 134 Å². The van der Waals surface area contributed by atoms with Crippen LogP contribution in [0.5, 0.6) is 5.75 Å². The van der Waals surface area contributed by atoms with Gasteiger partial charge in [0, 0.05) is 25.2 Å². The van der Waals surface area contributed by atoms with Crippen molar-refractivity contribution < 1.29 is 4.74 Å². The molecule has 0 aliphatic carbocycles. The number of piperidine rings is 1. The van der Waals surface area contributed by atoms with Crippen molar-refractivity contribution in [3.05, 3.63) is 39.0 Å². The summed E-state index contributed by atoms with van der Waals surface area (Å²) in [5.41, 5.74) is -0.110. The van der Waals surface area contributed by atoms with E-state index in [9.17, 15) is 9.59 Å². The van der Waals surface area contributed by atoms with Gasteiger partial charge in [-0.3, -0.25) is 9.36 Å². The Hall–Kier alpha value is -2.08. The minimum atomic E-state index is -0.352. The lowest BCUT2D eigenvalue weighted by Gasteiger charge is -2.34. The fraction of sp³-hybridized carbons (Fsp3) is 0.529. The van der Waals surface area contributed by atoms with Crippen LogP contribution in [0, 0.1) is 0 Å². The van der Waals surface area contributed by atoms with Gasteiger partial charge in [0.2, 0.25) is 0 Å². The van der Waals surface area contributed by atoms with Gasteiger partial charge >= 0.3 is 5.69 Å². The quantitative estimate of drug-likeness (QED) is 0.936. The fourth-order valence-corrected chi connectivity index (χ4v) is 3.39. The summed E-state index contributed by atoms with van der Waals surface area (Å²) in [5, 5.41) is 0.496. The molecule has 6 nitrogen and oxygen atoms in total. The first-order valence-corrected chi connectivity index (χ1v) is 8.08. The van der Waals surface area contributed by atoms with E-state index in [0.29, 0.717) is 22.7 Å². The van der Waals surface area contributed by atoms with Crippen LogP contribution in [0.4, 0.5) is 0 Å². The summed E-state index contributed by atoms with van der Waals surface area (Å²) in [6.07, 6.45) is 1.63. The Morgan fingerprint density at radius 1 is 1.22 bits per heavy atom. The third-order valence-corrected chi connectivity index (χ3v) is 4.74. The first-order chi connectivity index (χ1) is 11.0. The van der Waals surface area contributed by atoms with Crippen molar-refractivity contribution in [2.45, 2.75) is 38.8 Å². The van der Waals surface area contributed by atoms with Crippen molar-refractivity contribution in [1.82, 2.24) is 14.5 Å². The smallest absolute Gasteiger partial charge is 0.329 e. The molecule has 2 aromatic rings. The van der Waals surface area contributed by atoms with E-state index in [1.54, 1.807) is 18.2 Å². The summed E-state index contributed by atoms with van der Waals surface area (Å²) in [4.78, 5) is 30.5. The highest BCUT2D eigenvalue weighted by atomic mass is 16.5. The van der Waals surface area contributed by atoms with Crippen LogP contribution >= 0.6 is 0 Å². The second-order valence-corrected chi connectivity index (χ2v) is 6.35. The number of fused-ring (bicyclic) bond motifs is 1. The maximum Gasteiger partial charge on any atom is 0.329 e. The molecule has 1 aromatic heterocycles. The van der Waals surface area contributed by atoms with Crippen molar-refractivity contribution in [3.8, 4) is 5.75 Å². The molecule has 2 heterocycles. The Morgan fingerprint density at radius 3 is 2.52 bits per heavy atom. The summed E-state index contributed by atoms with van der Waals surface area (Å²) in [5.74, 6) is 0.512. The Bertz CT molecular complexity index is 814. The zero-order valence-corrected chi connectivity index (χ0v) is 13.8. The molecule has 23 heavy (non-hydrogen) atoms. The molecule has 1 N–H and O–H groups in total. The molecule has 124 valence electrons. The Kier molecular flexibility index (Phi) is 4.26. The first-order valence-electron chi connectivity index (χ1n) is 8.08. The lowest BCUT2D eigenvalue weighted by molar-refractivity contribution is 0.149. The number of methoxy groups -OCH3 is 1. The molecule has 1 aliphatic heterocycles. The summed E-state index contributed by atoms with van der Waals surface area (Å²) in [6, 6.07) is 5.69. The van der Waals surface area contributed by atoms with E-state index >= 15 is 0 Å². The van der Waals surface area contributed by atoms with Crippen molar-refractivity contribution in [2.75, 3.05) is 20.2 Å². The van der Waals surface area contributed by atoms with E-state index in [4.69, 9.17) is 4.74 Å². The molecule has 1 aromatic carbocycles. The molecule has 1 saturated heterocycles. The zero-order valence-electron chi connectivity index (χ0n) is 13.8. The minimum absolute atomic E-state index is 0.0446. The van der Waals surface area contributed by atoms with E-state index in [-0.39, 0.29) is 17.3 Å². The van der Waals surface area contributed by atoms with E-state index in [1.165, 1.54) is 11.7 Å². The van der Waals surface area contributed by atoms with Crippen LogP contribution < -0.4 is 16.0 Å². The molecule has 0 atom stereocenters. The second-order valence-electron chi connectivity index (χ2n) is 6.35. The van der Waals surface area contributed by atoms with Crippen LogP contribution in [0.15, 0.2) is 27.8 Å². The van der Waals surface area contributed by atoms with Crippen molar-refractivity contribution in [2.24, 2.45) is 0 Å². The van der Waals surface area contributed by atoms with E-state index in [1.807, 2.05) is 0 Å². The third kappa shape index (κ3) is 2.79. The van der Waals surface area contributed by atoms with Crippen molar-refractivity contribution >= 4 is 10.9 Å². The molecule has 0 saturated carbocycles. The van der Waals surface area contributed by atoms with Crippen LogP contribution in [-0.2, 0) is 0 Å². The normalized spacial score (nSPS) is 17.0. The molecule has 0 radical (unpaired) electrons. The van der Waals surface area contributed by atoms with Gasteiger partial charge in [0.15, 0.2) is 0 Å². The molecular weight excluding hydrogens is 294 g/mol. The lowest BCUT2D eigenvalue weighted by atomic mass is 10.0. The SMILES string of the molecule is COc1cccc2c(=O)n(C3CCN(C(C)C)CC3)c(=O)[nH]c12. The van der Waals surface area contributed by atoms with Gasteiger partial charge < -0.3 is 14.6 Å². The molecule has 0 amide bonds. The van der Waals surface area contributed by atoms with Crippen molar-refractivity contribution in [1.29, 1.82) is 0 Å². The summed E-state index contributed by atoms with van der Waals surface area (Å²) in [6.45, 7) is 6.15. The minimum Gasteiger partial charge on any atom is -0.495 e. The number of aromatic nitrogens is 2. The molecule has 3 rings (SSSR count). The summed E-state index contributed by atoms with van der Waals surface area (Å²) in [7, 11) is 1.53. The number of benzene rings is 1. The predicted molar refractivity (Wildman–Crippen MR) is 90.4 cm³/mol. The van der Waals surface area contributed by atoms with Crippen LogP contribution in [0.2, 0.25) is 0 Å². The molecule has 1 fully saturated rings. The molecule has 0 bridgehead atoms. The number of para-hydroxylation sites is 1. The van der Waals surface area contributed by atoms with Gasteiger partial charge in [-0.1, -0.05) is 6.07 Å². The second kappa shape index (κ2) is 6.20. The number of aromatic amines is 1. The fourth-order valence-electron chi connectivity index (χ4n) is 3.39. The third-order valence-electron chi connectivity index (χ3n) is 4.74. The highest BCUT2D eigenvalue weighted by Gasteiger charge is 2.25. The van der Waals surface area contributed by atoms with Gasteiger partial charge in [-0.25, -0.2) is 4.79 Å². The van der Waals surface area contributed by atoms with Crippen LogP contribution in [0.3, 0.4) is 0 Å². The van der Waals surface area contributed by atoms with E-state index < -0.39 is 0 Å². The highest BCUT2D eigenvalue weighted by Crippen LogP contribution is 2.23. The largest absolute Gasteiger partial charge is 0.495 e. The van der Waals surface area contributed by atoms with E-state index in [0.717, 1.165) is 25.9 Å². The number of ether oxygens (including phenoxy) is 1. The zero-order chi connectivity index (χ0) is 16.6. The first kappa shape index (κ1) is 15.8. The molecular formula is C17H23N3O3. The van der Waals surface area contributed by atoms with Crippen LogP contribution in [0.1, 0.15) is 32.7 Å². The number of likely N-dealkylation sites (tertiary alicyclic amines) is 1. The van der Waals surface area contributed by atoms with Gasteiger partial charge in [0.25, 0.3) is 5.56 Å². The predicted octanol–water partition coefficient (Wildman–Crippen LogP) is 1.74. The van der Waals surface area contributed by atoms with Crippen LogP contribution in [-0.4, -0.2) is 40.7 Å². The van der Waals surface area contributed by atoms with Gasteiger partial charge in [0.1, 0.15) is 5.75 Å². The lowest BCUT2D eigenvalue weighted by Crippen LogP contribution is -2.45. The number of rotatable bonds is 3. The monoisotopic (exact) mass is 317 g/mol.